The van der Waals surface area contributed by atoms with Crippen LogP contribution in [-0.2, 0) is 21.2 Å². The van der Waals surface area contributed by atoms with Gasteiger partial charge >= 0.3 is 0 Å². The van der Waals surface area contributed by atoms with Gasteiger partial charge in [-0.25, -0.2) is 13.4 Å². The van der Waals surface area contributed by atoms with Crippen LogP contribution in [0.5, 0.6) is 0 Å². The lowest BCUT2D eigenvalue weighted by atomic mass is 10.2. The van der Waals surface area contributed by atoms with Crippen LogP contribution in [0.15, 0.2) is 64.5 Å². The fraction of sp³-hybridized carbons (Fsp3) is 0.348. The summed E-state index contributed by atoms with van der Waals surface area (Å²) in [4.78, 5) is 32.5. The smallest absolute Gasteiger partial charge is 0.262 e. The Bertz CT molecular complexity index is 1290. The molecule has 1 aliphatic rings. The molecule has 1 amide bonds. The molecule has 2 aromatic carbocycles. The van der Waals surface area contributed by atoms with E-state index in [9.17, 15) is 18.0 Å². The fourth-order valence-corrected chi connectivity index (χ4v) is 6.65. The lowest BCUT2D eigenvalue weighted by Crippen LogP contribution is -2.42. The Hall–Kier alpha value is -2.65. The van der Waals surface area contributed by atoms with Crippen molar-refractivity contribution < 1.29 is 13.2 Å². The van der Waals surface area contributed by atoms with E-state index in [0.29, 0.717) is 35.6 Å². The van der Waals surface area contributed by atoms with Crippen LogP contribution < -0.4 is 5.56 Å². The molecule has 0 bridgehead atoms. The molecule has 32 heavy (non-hydrogen) atoms. The minimum Gasteiger partial charge on any atom is -0.338 e. The molecule has 1 atom stereocenters. The average molecular weight is 472 g/mol. The largest absolute Gasteiger partial charge is 0.338 e. The minimum atomic E-state index is -3.08. The van der Waals surface area contributed by atoms with Crippen molar-refractivity contribution in [3.63, 3.8) is 0 Å². The first kappa shape index (κ1) is 22.5. The maximum absolute atomic E-state index is 13.2. The molecule has 1 saturated heterocycles. The molecule has 0 N–H and O–H groups in total. The molecule has 7 nitrogen and oxygen atoms in total. The number of carbonyl (C=O) groups excluding carboxylic acids is 1. The van der Waals surface area contributed by atoms with Crippen molar-refractivity contribution >= 4 is 38.4 Å². The second kappa shape index (κ2) is 9.46. The summed E-state index contributed by atoms with van der Waals surface area (Å²) in [6, 6.07) is 16.5. The van der Waals surface area contributed by atoms with Gasteiger partial charge in [-0.05, 0) is 31.0 Å². The molecule has 1 aromatic heterocycles. The first-order valence-corrected chi connectivity index (χ1v) is 13.3. The van der Waals surface area contributed by atoms with Gasteiger partial charge in [-0.3, -0.25) is 14.2 Å². The van der Waals surface area contributed by atoms with Gasteiger partial charge in [0.05, 0.1) is 34.7 Å². The number of carbonyl (C=O) groups is 1. The molecule has 1 aliphatic heterocycles. The SMILES string of the molecule is CCN(C(=O)CSc1nc2ccccc2c(=O)n1Cc1ccccc1)[C@H]1CCS(=O)(=O)C1. The van der Waals surface area contributed by atoms with Crippen LogP contribution >= 0.6 is 11.8 Å². The number of hydrogen-bond acceptors (Lipinski definition) is 6. The van der Waals surface area contributed by atoms with Gasteiger partial charge in [0.2, 0.25) is 5.91 Å². The molecule has 0 radical (unpaired) electrons. The third kappa shape index (κ3) is 4.88. The topological polar surface area (TPSA) is 89.3 Å². The summed E-state index contributed by atoms with van der Waals surface area (Å²) in [5.74, 6) is 0.0826. The minimum absolute atomic E-state index is 0.0180. The molecular weight excluding hydrogens is 446 g/mol. The Labute approximate surface area is 191 Å². The predicted octanol–water partition coefficient (Wildman–Crippen LogP) is 2.57. The van der Waals surface area contributed by atoms with E-state index in [0.717, 1.165) is 5.56 Å². The number of benzene rings is 2. The van der Waals surface area contributed by atoms with E-state index in [4.69, 9.17) is 0 Å². The van der Waals surface area contributed by atoms with Crippen molar-refractivity contribution in [3.8, 4) is 0 Å². The van der Waals surface area contributed by atoms with Gasteiger partial charge in [0.1, 0.15) is 0 Å². The fourth-order valence-electron chi connectivity index (χ4n) is 4.03. The number of rotatable bonds is 7. The van der Waals surface area contributed by atoms with Gasteiger partial charge in [0.15, 0.2) is 15.0 Å². The Morgan fingerprint density at radius 2 is 1.88 bits per heavy atom. The summed E-state index contributed by atoms with van der Waals surface area (Å²) < 4.78 is 25.3. The highest BCUT2D eigenvalue weighted by Crippen LogP contribution is 2.22. The number of aromatic nitrogens is 2. The number of sulfone groups is 1. The Balaban J connectivity index is 1.61. The summed E-state index contributed by atoms with van der Waals surface area (Å²) in [6.07, 6.45) is 0.472. The number of amides is 1. The normalized spacial score (nSPS) is 17.5. The first-order valence-electron chi connectivity index (χ1n) is 10.5. The maximum Gasteiger partial charge on any atom is 0.262 e. The van der Waals surface area contributed by atoms with E-state index >= 15 is 0 Å². The summed E-state index contributed by atoms with van der Waals surface area (Å²) in [5, 5.41) is 1.01. The number of hydrogen-bond donors (Lipinski definition) is 0. The van der Waals surface area contributed by atoms with E-state index in [1.807, 2.05) is 49.4 Å². The number of thioether (sulfide) groups is 1. The van der Waals surface area contributed by atoms with Gasteiger partial charge < -0.3 is 4.90 Å². The van der Waals surface area contributed by atoms with Crippen molar-refractivity contribution in [1.82, 2.24) is 14.5 Å². The van der Waals surface area contributed by atoms with Crippen molar-refractivity contribution in [2.45, 2.75) is 31.1 Å². The lowest BCUT2D eigenvalue weighted by Gasteiger charge is -2.26. The molecule has 4 rings (SSSR count). The predicted molar refractivity (Wildman–Crippen MR) is 127 cm³/mol. The molecule has 0 aliphatic carbocycles. The van der Waals surface area contributed by atoms with Crippen LogP contribution in [-0.4, -0.2) is 58.6 Å². The van der Waals surface area contributed by atoms with E-state index in [1.165, 1.54) is 11.8 Å². The molecule has 1 fully saturated rings. The molecule has 0 spiro atoms. The van der Waals surface area contributed by atoms with Crippen LogP contribution in [0.3, 0.4) is 0 Å². The molecular formula is C23H25N3O4S2. The van der Waals surface area contributed by atoms with E-state index in [-0.39, 0.29) is 34.8 Å². The van der Waals surface area contributed by atoms with Crippen LogP contribution in [0.4, 0.5) is 0 Å². The summed E-state index contributed by atoms with van der Waals surface area (Å²) in [7, 11) is -3.08. The van der Waals surface area contributed by atoms with Crippen molar-refractivity contribution in [2.75, 3.05) is 23.8 Å². The highest BCUT2D eigenvalue weighted by Gasteiger charge is 2.33. The number of nitrogens with zero attached hydrogens (tertiary/aromatic N) is 3. The quantitative estimate of drug-likeness (QED) is 0.389. The summed E-state index contributed by atoms with van der Waals surface area (Å²) >= 11 is 1.22. The van der Waals surface area contributed by atoms with Crippen molar-refractivity contribution in [3.05, 3.63) is 70.5 Å². The zero-order valence-corrected chi connectivity index (χ0v) is 19.4. The number of para-hydroxylation sites is 1. The average Bonchev–Trinajstić information content (AvgIpc) is 3.15. The second-order valence-electron chi connectivity index (χ2n) is 7.81. The van der Waals surface area contributed by atoms with E-state index < -0.39 is 9.84 Å². The summed E-state index contributed by atoms with van der Waals surface area (Å²) in [5.41, 5.74) is 1.40. The monoisotopic (exact) mass is 471 g/mol. The molecule has 0 saturated carbocycles. The van der Waals surface area contributed by atoms with Gasteiger partial charge in [0, 0.05) is 12.6 Å². The molecule has 3 aromatic rings. The number of fused-ring (bicyclic) bond motifs is 1. The molecule has 9 heteroatoms. The van der Waals surface area contributed by atoms with Crippen LogP contribution in [0.25, 0.3) is 10.9 Å². The summed E-state index contributed by atoms with van der Waals surface area (Å²) in [6.45, 7) is 2.65. The second-order valence-corrected chi connectivity index (χ2v) is 11.0. The van der Waals surface area contributed by atoms with Gasteiger partial charge in [-0.15, -0.1) is 0 Å². The van der Waals surface area contributed by atoms with E-state index in [1.54, 1.807) is 21.6 Å². The third-order valence-corrected chi connectivity index (χ3v) is 8.36. The maximum atomic E-state index is 13.2. The zero-order chi connectivity index (χ0) is 22.7. The Morgan fingerprint density at radius 3 is 2.56 bits per heavy atom. The van der Waals surface area contributed by atoms with Gasteiger partial charge in [-0.2, -0.15) is 0 Å². The van der Waals surface area contributed by atoms with Gasteiger partial charge in [-0.1, -0.05) is 54.2 Å². The van der Waals surface area contributed by atoms with Crippen LogP contribution in [0, 0.1) is 0 Å². The lowest BCUT2D eigenvalue weighted by molar-refractivity contribution is -0.129. The highest BCUT2D eigenvalue weighted by atomic mass is 32.2. The highest BCUT2D eigenvalue weighted by molar-refractivity contribution is 7.99. The standard InChI is InChI=1S/C23H25N3O4S2/c1-2-25(18-12-13-32(29,30)16-18)21(27)15-31-23-24-20-11-7-6-10-19(20)22(28)26(23)14-17-8-4-3-5-9-17/h3-11,18H,2,12-16H2,1H3/t18-/m0/s1. The van der Waals surface area contributed by atoms with Crippen LogP contribution in [0.2, 0.25) is 0 Å². The molecule has 2 heterocycles. The van der Waals surface area contributed by atoms with Crippen molar-refractivity contribution in [1.29, 1.82) is 0 Å². The van der Waals surface area contributed by atoms with Crippen molar-refractivity contribution in [2.24, 2.45) is 0 Å². The first-order chi connectivity index (χ1) is 15.4. The zero-order valence-electron chi connectivity index (χ0n) is 17.8. The molecule has 0 unspecified atom stereocenters. The van der Waals surface area contributed by atoms with Crippen LogP contribution in [0.1, 0.15) is 18.9 Å². The Morgan fingerprint density at radius 1 is 1.16 bits per heavy atom. The molecule has 168 valence electrons. The van der Waals surface area contributed by atoms with Gasteiger partial charge in [0.25, 0.3) is 5.56 Å². The Kier molecular flexibility index (Phi) is 6.66. The third-order valence-electron chi connectivity index (χ3n) is 5.65. The van der Waals surface area contributed by atoms with E-state index in [2.05, 4.69) is 4.98 Å².